The highest BCUT2D eigenvalue weighted by Gasteiger charge is 2.01. The first-order chi connectivity index (χ1) is 4.74. The Hall–Kier alpha value is -0.0100. The Balaban J connectivity index is 0. The zero-order valence-corrected chi connectivity index (χ0v) is 8.66. The lowest BCUT2D eigenvalue weighted by Gasteiger charge is -2.20. The molecule has 1 nitrogen and oxygen atoms in total. The summed E-state index contributed by atoms with van der Waals surface area (Å²) in [5, 5.41) is 0. The van der Waals surface area contributed by atoms with Gasteiger partial charge < -0.3 is 4.90 Å². The first-order valence-electron chi connectivity index (χ1n) is 4.09. The zero-order chi connectivity index (χ0) is 7.98. The highest BCUT2D eigenvalue weighted by Crippen LogP contribution is 1.99. The van der Waals surface area contributed by atoms with Gasteiger partial charge in [0.25, 0.3) is 0 Å². The van der Waals surface area contributed by atoms with Crippen molar-refractivity contribution in [1.82, 2.24) is 4.90 Å². The van der Waals surface area contributed by atoms with E-state index in [1.807, 2.05) is 6.08 Å². The van der Waals surface area contributed by atoms with Gasteiger partial charge in [0.15, 0.2) is 0 Å². The van der Waals surface area contributed by atoms with E-state index >= 15 is 0 Å². The minimum absolute atomic E-state index is 0. The summed E-state index contributed by atoms with van der Waals surface area (Å²) in [6.45, 7) is 13.8. The molecule has 1 unspecified atom stereocenters. The summed E-state index contributed by atoms with van der Waals surface area (Å²) < 4.78 is 0. The van der Waals surface area contributed by atoms with E-state index < -0.39 is 0 Å². The summed E-state index contributed by atoms with van der Waals surface area (Å²) in [7, 11) is 0. The Morgan fingerprint density at radius 3 is 2.09 bits per heavy atom. The molecule has 0 aliphatic carbocycles. The van der Waals surface area contributed by atoms with Crippen LogP contribution in [0, 0.1) is 5.92 Å². The molecule has 2 heteroatoms. The number of hydrogen-bond donors (Lipinski definition) is 0. The molecule has 11 heavy (non-hydrogen) atoms. The molecule has 0 N–H and O–H groups in total. The zero-order valence-electron chi connectivity index (χ0n) is 7.84. The fraction of sp³-hybridized carbons (Fsp3) is 0.778. The maximum absolute atomic E-state index is 3.76. The molecule has 0 spiro atoms. The molecule has 0 saturated heterocycles. The summed E-state index contributed by atoms with van der Waals surface area (Å²) in [6.07, 6.45) is 2.01. The van der Waals surface area contributed by atoms with E-state index in [9.17, 15) is 0 Å². The molecule has 0 aromatic heterocycles. The first-order valence-corrected chi connectivity index (χ1v) is 4.09. The topological polar surface area (TPSA) is 3.24 Å². The third-order valence-electron chi connectivity index (χ3n) is 1.84. The predicted octanol–water partition coefficient (Wildman–Crippen LogP) is 2.57. The summed E-state index contributed by atoms with van der Waals surface area (Å²) >= 11 is 0. The molecule has 0 aromatic carbocycles. The van der Waals surface area contributed by atoms with Gasteiger partial charge in [-0.05, 0) is 19.0 Å². The van der Waals surface area contributed by atoms with Gasteiger partial charge in [0.1, 0.15) is 0 Å². The van der Waals surface area contributed by atoms with Crippen LogP contribution in [0.2, 0.25) is 0 Å². The van der Waals surface area contributed by atoms with Crippen molar-refractivity contribution in [2.75, 3.05) is 19.6 Å². The predicted molar refractivity (Wildman–Crippen MR) is 54.4 cm³/mol. The van der Waals surface area contributed by atoms with Crippen molar-refractivity contribution >= 4 is 12.4 Å². The largest absolute Gasteiger partial charge is 0.303 e. The van der Waals surface area contributed by atoms with E-state index in [4.69, 9.17) is 0 Å². The Kier molecular flexibility index (Phi) is 9.98. The minimum Gasteiger partial charge on any atom is -0.303 e. The average Bonchev–Trinajstić information content (AvgIpc) is 1.99. The Labute approximate surface area is 76.9 Å². The van der Waals surface area contributed by atoms with Crippen molar-refractivity contribution < 1.29 is 0 Å². The summed E-state index contributed by atoms with van der Waals surface area (Å²) in [5.74, 6) is 0.625. The molecular formula is C9H20ClN. The maximum Gasteiger partial charge on any atom is 0.00413 e. The lowest BCUT2D eigenvalue weighted by Crippen LogP contribution is -2.27. The standard InChI is InChI=1S/C9H19N.ClH/c1-5-9(4)8-10(6-2)7-3;/h5,9H,1,6-8H2,2-4H3;1H. The first kappa shape index (κ1) is 13.6. The SMILES string of the molecule is C=CC(C)CN(CC)CC.Cl. The summed E-state index contributed by atoms with van der Waals surface area (Å²) in [4.78, 5) is 2.41. The van der Waals surface area contributed by atoms with E-state index in [0.717, 1.165) is 19.6 Å². The van der Waals surface area contributed by atoms with Crippen LogP contribution in [-0.4, -0.2) is 24.5 Å². The lowest BCUT2D eigenvalue weighted by molar-refractivity contribution is 0.280. The van der Waals surface area contributed by atoms with Crippen LogP contribution in [0.15, 0.2) is 12.7 Å². The highest BCUT2D eigenvalue weighted by molar-refractivity contribution is 5.85. The minimum atomic E-state index is 0. The highest BCUT2D eigenvalue weighted by atomic mass is 35.5. The second-order valence-corrected chi connectivity index (χ2v) is 2.70. The molecule has 0 rings (SSSR count). The number of nitrogens with zero attached hydrogens (tertiary/aromatic N) is 1. The van der Waals surface area contributed by atoms with E-state index in [1.54, 1.807) is 0 Å². The maximum atomic E-state index is 3.76. The fourth-order valence-electron chi connectivity index (χ4n) is 0.964. The van der Waals surface area contributed by atoms with Gasteiger partial charge in [-0.1, -0.05) is 26.8 Å². The van der Waals surface area contributed by atoms with Crippen LogP contribution >= 0.6 is 12.4 Å². The molecule has 1 atom stereocenters. The molecule has 0 aliphatic heterocycles. The number of rotatable bonds is 5. The molecule has 0 fully saturated rings. The molecule has 0 amide bonds. The van der Waals surface area contributed by atoms with Crippen LogP contribution in [0.3, 0.4) is 0 Å². The van der Waals surface area contributed by atoms with E-state index in [2.05, 4.69) is 32.3 Å². The van der Waals surface area contributed by atoms with Crippen molar-refractivity contribution in [2.24, 2.45) is 5.92 Å². The number of hydrogen-bond acceptors (Lipinski definition) is 1. The molecule has 68 valence electrons. The van der Waals surface area contributed by atoms with Gasteiger partial charge in [-0.3, -0.25) is 0 Å². The fourth-order valence-corrected chi connectivity index (χ4v) is 0.964. The van der Waals surface area contributed by atoms with Gasteiger partial charge in [-0.15, -0.1) is 19.0 Å². The van der Waals surface area contributed by atoms with E-state index in [0.29, 0.717) is 5.92 Å². The lowest BCUT2D eigenvalue weighted by atomic mass is 10.2. The van der Waals surface area contributed by atoms with Gasteiger partial charge >= 0.3 is 0 Å². The molecule has 0 bridgehead atoms. The van der Waals surface area contributed by atoms with Crippen LogP contribution < -0.4 is 0 Å². The molecular weight excluding hydrogens is 158 g/mol. The van der Waals surface area contributed by atoms with Gasteiger partial charge in [0.2, 0.25) is 0 Å². The van der Waals surface area contributed by atoms with Gasteiger partial charge in [0, 0.05) is 6.54 Å². The summed E-state index contributed by atoms with van der Waals surface area (Å²) in [5.41, 5.74) is 0. The molecule has 0 saturated carbocycles. The quantitative estimate of drug-likeness (QED) is 0.584. The van der Waals surface area contributed by atoms with Crippen molar-refractivity contribution in [3.05, 3.63) is 12.7 Å². The van der Waals surface area contributed by atoms with Gasteiger partial charge in [0.05, 0.1) is 0 Å². The molecule has 0 aliphatic rings. The Morgan fingerprint density at radius 1 is 1.36 bits per heavy atom. The van der Waals surface area contributed by atoms with E-state index in [-0.39, 0.29) is 12.4 Å². The van der Waals surface area contributed by atoms with Crippen LogP contribution in [0.1, 0.15) is 20.8 Å². The normalized spacial score (nSPS) is 12.4. The molecule has 0 heterocycles. The van der Waals surface area contributed by atoms with E-state index in [1.165, 1.54) is 0 Å². The average molecular weight is 178 g/mol. The van der Waals surface area contributed by atoms with Crippen molar-refractivity contribution in [3.63, 3.8) is 0 Å². The second-order valence-electron chi connectivity index (χ2n) is 2.70. The van der Waals surface area contributed by atoms with Crippen LogP contribution in [0.4, 0.5) is 0 Å². The van der Waals surface area contributed by atoms with Gasteiger partial charge in [-0.2, -0.15) is 0 Å². The second kappa shape index (κ2) is 8.09. The number of halogens is 1. The van der Waals surface area contributed by atoms with Crippen molar-refractivity contribution in [2.45, 2.75) is 20.8 Å². The van der Waals surface area contributed by atoms with Crippen LogP contribution in [-0.2, 0) is 0 Å². The molecule has 0 aromatic rings. The smallest absolute Gasteiger partial charge is 0.00413 e. The van der Waals surface area contributed by atoms with Crippen molar-refractivity contribution in [3.8, 4) is 0 Å². The third kappa shape index (κ3) is 6.39. The molecule has 0 radical (unpaired) electrons. The monoisotopic (exact) mass is 177 g/mol. The summed E-state index contributed by atoms with van der Waals surface area (Å²) in [6, 6.07) is 0. The Bertz CT molecular complexity index is 89.6. The van der Waals surface area contributed by atoms with Gasteiger partial charge in [-0.25, -0.2) is 0 Å². The third-order valence-corrected chi connectivity index (χ3v) is 1.84. The van der Waals surface area contributed by atoms with Crippen LogP contribution in [0.25, 0.3) is 0 Å². The Morgan fingerprint density at radius 2 is 1.82 bits per heavy atom. The van der Waals surface area contributed by atoms with Crippen molar-refractivity contribution in [1.29, 1.82) is 0 Å². The van der Waals surface area contributed by atoms with Crippen LogP contribution in [0.5, 0.6) is 0 Å².